The zero-order chi connectivity index (χ0) is 14.5. The average Bonchev–Trinajstić information content (AvgIpc) is 2.81. The molecule has 2 fully saturated rings. The number of hydrogen-bond acceptors (Lipinski definition) is 4. The molecule has 0 aliphatic carbocycles. The normalized spacial score (nSPS) is 27.8. The van der Waals surface area contributed by atoms with Crippen molar-refractivity contribution in [1.82, 2.24) is 9.80 Å². The average molecular weight is 284 g/mol. The van der Waals surface area contributed by atoms with Gasteiger partial charge < -0.3 is 14.7 Å². The van der Waals surface area contributed by atoms with Crippen LogP contribution in [0.3, 0.4) is 0 Å². The standard InChI is InChI=1S/C14H24N2O4/c1-11-12(14(18)19)4-6-15(11)5-2-3-13(17)16-7-9-20-10-8-16/h11-12H,2-10H2,1H3,(H,18,19). The molecule has 0 saturated carbocycles. The minimum absolute atomic E-state index is 0.0750. The zero-order valence-electron chi connectivity index (χ0n) is 12.1. The summed E-state index contributed by atoms with van der Waals surface area (Å²) in [6.07, 6.45) is 2.06. The Balaban J connectivity index is 1.68. The Morgan fingerprint density at radius 1 is 1.25 bits per heavy atom. The number of carboxylic acid groups (broad SMARTS) is 1. The van der Waals surface area contributed by atoms with E-state index in [1.807, 2.05) is 11.8 Å². The van der Waals surface area contributed by atoms with Crippen LogP contribution >= 0.6 is 0 Å². The molecule has 2 aliphatic heterocycles. The second-order valence-electron chi connectivity index (χ2n) is 5.61. The number of hydrogen-bond donors (Lipinski definition) is 1. The summed E-state index contributed by atoms with van der Waals surface area (Å²) in [6, 6.07) is 0.0750. The van der Waals surface area contributed by atoms with E-state index in [9.17, 15) is 9.59 Å². The van der Waals surface area contributed by atoms with Gasteiger partial charge in [0.25, 0.3) is 0 Å². The number of carbonyl (C=O) groups is 2. The maximum atomic E-state index is 12.0. The molecule has 20 heavy (non-hydrogen) atoms. The van der Waals surface area contributed by atoms with E-state index in [1.165, 1.54) is 0 Å². The van der Waals surface area contributed by atoms with Crippen LogP contribution in [0.15, 0.2) is 0 Å². The molecule has 0 aromatic rings. The fraction of sp³-hybridized carbons (Fsp3) is 0.857. The highest BCUT2D eigenvalue weighted by molar-refractivity contribution is 5.76. The van der Waals surface area contributed by atoms with Crippen LogP contribution in [0, 0.1) is 5.92 Å². The van der Waals surface area contributed by atoms with Crippen LogP contribution in [-0.4, -0.2) is 72.2 Å². The maximum absolute atomic E-state index is 12.0. The van der Waals surface area contributed by atoms with Crippen molar-refractivity contribution < 1.29 is 19.4 Å². The molecule has 2 heterocycles. The summed E-state index contributed by atoms with van der Waals surface area (Å²) in [6.45, 7) is 6.25. The summed E-state index contributed by atoms with van der Waals surface area (Å²) in [5, 5.41) is 9.09. The lowest BCUT2D eigenvalue weighted by Gasteiger charge is -2.27. The molecule has 1 amide bonds. The van der Waals surface area contributed by atoms with Crippen molar-refractivity contribution in [2.45, 2.75) is 32.2 Å². The van der Waals surface area contributed by atoms with Crippen molar-refractivity contribution >= 4 is 11.9 Å². The van der Waals surface area contributed by atoms with E-state index in [0.29, 0.717) is 39.1 Å². The minimum Gasteiger partial charge on any atom is -0.481 e. The number of aliphatic carboxylic acids is 1. The molecule has 2 atom stereocenters. The Morgan fingerprint density at radius 2 is 1.95 bits per heavy atom. The van der Waals surface area contributed by atoms with E-state index >= 15 is 0 Å². The van der Waals surface area contributed by atoms with Crippen LogP contribution in [0.1, 0.15) is 26.2 Å². The molecular weight excluding hydrogens is 260 g/mol. The lowest BCUT2D eigenvalue weighted by molar-refractivity contribution is -0.142. The first kappa shape index (κ1) is 15.3. The molecule has 2 aliphatic rings. The predicted molar refractivity (Wildman–Crippen MR) is 73.4 cm³/mol. The van der Waals surface area contributed by atoms with E-state index in [1.54, 1.807) is 0 Å². The number of rotatable bonds is 5. The molecule has 0 aromatic heterocycles. The Morgan fingerprint density at radius 3 is 2.55 bits per heavy atom. The molecule has 6 heteroatoms. The summed E-state index contributed by atoms with van der Waals surface area (Å²) in [7, 11) is 0. The fourth-order valence-corrected chi connectivity index (χ4v) is 3.05. The summed E-state index contributed by atoms with van der Waals surface area (Å²) in [5.41, 5.74) is 0. The van der Waals surface area contributed by atoms with Crippen molar-refractivity contribution in [1.29, 1.82) is 0 Å². The first-order valence-corrected chi connectivity index (χ1v) is 7.42. The van der Waals surface area contributed by atoms with Crippen LogP contribution < -0.4 is 0 Å². The second-order valence-corrected chi connectivity index (χ2v) is 5.61. The Hall–Kier alpha value is -1.14. The van der Waals surface area contributed by atoms with E-state index in [-0.39, 0.29) is 17.9 Å². The number of carbonyl (C=O) groups excluding carboxylic acids is 1. The highest BCUT2D eigenvalue weighted by atomic mass is 16.5. The third-order valence-electron chi connectivity index (χ3n) is 4.40. The number of ether oxygens (including phenoxy) is 1. The lowest BCUT2D eigenvalue weighted by Crippen LogP contribution is -2.41. The van der Waals surface area contributed by atoms with Gasteiger partial charge in [-0.3, -0.25) is 14.5 Å². The Labute approximate surface area is 119 Å². The molecule has 2 unspecified atom stereocenters. The van der Waals surface area contributed by atoms with E-state index < -0.39 is 5.97 Å². The quantitative estimate of drug-likeness (QED) is 0.792. The van der Waals surface area contributed by atoms with Crippen molar-refractivity contribution in [2.75, 3.05) is 39.4 Å². The predicted octanol–water partition coefficient (Wildman–Crippen LogP) is 0.420. The van der Waals surface area contributed by atoms with Crippen LogP contribution in [0.5, 0.6) is 0 Å². The Kier molecular flexibility index (Phi) is 5.37. The van der Waals surface area contributed by atoms with Gasteiger partial charge in [-0.1, -0.05) is 0 Å². The Bertz CT molecular complexity index is 355. The molecule has 0 aromatic carbocycles. The van der Waals surface area contributed by atoms with E-state index in [0.717, 1.165) is 19.5 Å². The van der Waals surface area contributed by atoms with Gasteiger partial charge in [0.1, 0.15) is 0 Å². The third-order valence-corrected chi connectivity index (χ3v) is 4.40. The van der Waals surface area contributed by atoms with Crippen molar-refractivity contribution in [2.24, 2.45) is 5.92 Å². The monoisotopic (exact) mass is 284 g/mol. The van der Waals surface area contributed by atoms with Gasteiger partial charge in [0.2, 0.25) is 5.91 Å². The van der Waals surface area contributed by atoms with Crippen molar-refractivity contribution in [3.8, 4) is 0 Å². The highest BCUT2D eigenvalue weighted by Gasteiger charge is 2.35. The van der Waals surface area contributed by atoms with Crippen LogP contribution in [0.25, 0.3) is 0 Å². The van der Waals surface area contributed by atoms with Gasteiger partial charge in [0, 0.05) is 25.6 Å². The van der Waals surface area contributed by atoms with E-state index in [4.69, 9.17) is 9.84 Å². The summed E-state index contributed by atoms with van der Waals surface area (Å²) in [5.74, 6) is -0.774. The van der Waals surface area contributed by atoms with Gasteiger partial charge >= 0.3 is 5.97 Å². The number of amides is 1. The summed E-state index contributed by atoms with van der Waals surface area (Å²) in [4.78, 5) is 27.1. The van der Waals surface area contributed by atoms with Crippen LogP contribution in [0.2, 0.25) is 0 Å². The first-order valence-electron chi connectivity index (χ1n) is 7.42. The third kappa shape index (κ3) is 3.70. The van der Waals surface area contributed by atoms with Gasteiger partial charge in [0.05, 0.1) is 19.1 Å². The van der Waals surface area contributed by atoms with Gasteiger partial charge in [-0.15, -0.1) is 0 Å². The highest BCUT2D eigenvalue weighted by Crippen LogP contribution is 2.24. The second kappa shape index (κ2) is 7.04. The molecule has 0 radical (unpaired) electrons. The molecule has 0 bridgehead atoms. The van der Waals surface area contributed by atoms with Crippen LogP contribution in [0.4, 0.5) is 0 Å². The first-order chi connectivity index (χ1) is 9.59. The number of likely N-dealkylation sites (tertiary alicyclic amines) is 1. The number of carboxylic acids is 1. The summed E-state index contributed by atoms with van der Waals surface area (Å²) < 4.78 is 5.23. The van der Waals surface area contributed by atoms with Crippen molar-refractivity contribution in [3.63, 3.8) is 0 Å². The SMILES string of the molecule is CC1C(C(=O)O)CCN1CCCC(=O)N1CCOCC1. The molecule has 0 spiro atoms. The topological polar surface area (TPSA) is 70.1 Å². The molecule has 1 N–H and O–H groups in total. The largest absolute Gasteiger partial charge is 0.481 e. The molecule has 2 rings (SSSR count). The summed E-state index contributed by atoms with van der Waals surface area (Å²) >= 11 is 0. The lowest BCUT2D eigenvalue weighted by atomic mass is 10.0. The molecule has 114 valence electrons. The van der Waals surface area contributed by atoms with Gasteiger partial charge in [-0.2, -0.15) is 0 Å². The van der Waals surface area contributed by atoms with Crippen molar-refractivity contribution in [3.05, 3.63) is 0 Å². The molecular formula is C14H24N2O4. The number of nitrogens with zero attached hydrogens (tertiary/aromatic N) is 2. The smallest absolute Gasteiger partial charge is 0.308 e. The maximum Gasteiger partial charge on any atom is 0.308 e. The van der Waals surface area contributed by atoms with Gasteiger partial charge in [0.15, 0.2) is 0 Å². The fourth-order valence-electron chi connectivity index (χ4n) is 3.05. The molecule has 2 saturated heterocycles. The minimum atomic E-state index is -0.704. The van der Waals surface area contributed by atoms with Crippen LogP contribution in [-0.2, 0) is 14.3 Å². The molecule has 6 nitrogen and oxygen atoms in total. The zero-order valence-corrected chi connectivity index (χ0v) is 12.1. The van der Waals surface area contributed by atoms with Gasteiger partial charge in [-0.25, -0.2) is 0 Å². The van der Waals surface area contributed by atoms with Gasteiger partial charge in [-0.05, 0) is 32.9 Å². The number of morpholine rings is 1. The van der Waals surface area contributed by atoms with E-state index in [2.05, 4.69) is 4.90 Å².